The fraction of sp³-hybridized carbons (Fsp3) is 0.0370. The van der Waals surface area contributed by atoms with Gasteiger partial charge in [-0.1, -0.05) is 0 Å². The zero-order valence-electron chi connectivity index (χ0n) is 22.1. The Morgan fingerprint density at radius 3 is 1.09 bits per heavy atom. The third kappa shape index (κ3) is 4.76. The van der Waals surface area contributed by atoms with Crippen LogP contribution < -0.4 is 4.65 Å². The molecule has 0 aliphatic carbocycles. The quantitative estimate of drug-likeness (QED) is 0.0761. The van der Waals surface area contributed by atoms with Gasteiger partial charge in [-0.05, 0) is 24.1 Å². The van der Waals surface area contributed by atoms with E-state index < -0.39 is 150 Å². The van der Waals surface area contributed by atoms with E-state index in [0.29, 0.717) is 13.0 Å². The molecule has 246 valence electrons. The number of aromatic nitrogens is 1. The van der Waals surface area contributed by atoms with Crippen LogP contribution in [0.1, 0.15) is 5.56 Å². The van der Waals surface area contributed by atoms with Crippen molar-refractivity contribution in [2.75, 3.05) is 0 Å². The van der Waals surface area contributed by atoms with Crippen molar-refractivity contribution in [3.8, 4) is 39.3 Å². The lowest BCUT2D eigenvalue weighted by molar-refractivity contribution is 0.284. The first-order chi connectivity index (χ1) is 21.8. The minimum atomic E-state index is -3.06. The molecular weight excluding hydrogens is 682 g/mol. The third-order valence-electron chi connectivity index (χ3n) is 6.85. The van der Waals surface area contributed by atoms with E-state index in [1.807, 2.05) is 4.98 Å². The van der Waals surface area contributed by atoms with Gasteiger partial charge in [0.1, 0.15) is 0 Å². The summed E-state index contributed by atoms with van der Waals surface area (Å²) in [6.45, 7) is 0.711. The minimum absolute atomic E-state index is 0.532. The monoisotopic (exact) mass is 689 g/mol. The molecule has 0 aliphatic heterocycles. The lowest BCUT2D eigenvalue weighted by Crippen LogP contribution is -2.21. The van der Waals surface area contributed by atoms with Crippen molar-refractivity contribution in [2.45, 2.75) is 6.92 Å². The van der Waals surface area contributed by atoms with Gasteiger partial charge in [0.05, 0.1) is 22.3 Å². The number of benzene rings is 4. The van der Waals surface area contributed by atoms with Crippen LogP contribution in [0.5, 0.6) is 5.88 Å². The highest BCUT2D eigenvalue weighted by molar-refractivity contribution is 6.34. The smallest absolute Gasteiger partial charge is 0.498 e. The fourth-order valence-electron chi connectivity index (χ4n) is 4.95. The second-order valence-electron chi connectivity index (χ2n) is 9.47. The molecule has 0 radical (unpaired) electrons. The number of H-pyrrole nitrogens is 1. The average molecular weight is 689 g/mol. The molecule has 3 N–H and O–H groups in total. The molecule has 20 heteroatoms. The third-order valence-corrected chi connectivity index (χ3v) is 6.85. The zero-order valence-corrected chi connectivity index (χ0v) is 22.1. The number of nitrogens with one attached hydrogen (secondary N) is 1. The Morgan fingerprint density at radius 2 is 0.745 bits per heavy atom. The van der Waals surface area contributed by atoms with E-state index in [-0.39, 0.29) is 0 Å². The van der Waals surface area contributed by atoms with Crippen molar-refractivity contribution in [3.05, 3.63) is 98.9 Å². The first kappa shape index (κ1) is 33.5. The second-order valence-corrected chi connectivity index (χ2v) is 9.47. The lowest BCUT2D eigenvalue weighted by atomic mass is 9.85. The summed E-state index contributed by atoms with van der Waals surface area (Å²) in [6, 6.07) is 0.532. The highest BCUT2D eigenvalue weighted by atomic mass is 19.2. The van der Waals surface area contributed by atoms with E-state index in [1.54, 1.807) is 0 Å². The van der Waals surface area contributed by atoms with Gasteiger partial charge in [0.2, 0.25) is 17.5 Å². The van der Waals surface area contributed by atoms with Gasteiger partial charge in [-0.2, -0.15) is 0 Å². The number of fused-ring (bicyclic) bond motifs is 1. The standard InChI is InChI=1S/C27H7BF15NO3/c1-3-2-4-6(8(27(44-4)47-28(45)46)11-16(33)22(39)26(43)23(40)17(11)34)7(10-14(31)20(37)25(42)21(38)15(10)32)5(3)9-12(29)18(35)24(41)19(36)13(9)30/h2,44-46H,1H3. The summed E-state index contributed by atoms with van der Waals surface area (Å²) in [6.07, 6.45) is 0. The molecule has 0 saturated carbocycles. The van der Waals surface area contributed by atoms with E-state index in [9.17, 15) is 49.6 Å². The van der Waals surface area contributed by atoms with Gasteiger partial charge in [-0.3, -0.25) is 0 Å². The number of hydrogen-bond acceptors (Lipinski definition) is 3. The summed E-state index contributed by atoms with van der Waals surface area (Å²) in [5, 5.41) is 17.2. The summed E-state index contributed by atoms with van der Waals surface area (Å²) in [4.78, 5) is 1.96. The van der Waals surface area contributed by atoms with Gasteiger partial charge in [0.25, 0.3) is 0 Å². The van der Waals surface area contributed by atoms with Crippen LogP contribution in [0, 0.1) is 94.2 Å². The van der Waals surface area contributed by atoms with E-state index in [4.69, 9.17) is 0 Å². The van der Waals surface area contributed by atoms with E-state index >= 15 is 26.3 Å². The summed E-state index contributed by atoms with van der Waals surface area (Å²) >= 11 is 0. The normalized spacial score (nSPS) is 11.6. The molecule has 1 heterocycles. The van der Waals surface area contributed by atoms with Crippen LogP contribution in [0.15, 0.2) is 6.07 Å². The molecule has 0 spiro atoms. The molecule has 0 unspecified atom stereocenters. The maximum Gasteiger partial charge on any atom is 0.708 e. The Labute approximate surface area is 249 Å². The van der Waals surface area contributed by atoms with Crippen LogP contribution in [0.2, 0.25) is 0 Å². The summed E-state index contributed by atoms with van der Waals surface area (Å²) in [5.74, 6) is -43.2. The van der Waals surface area contributed by atoms with Crippen LogP contribution in [-0.4, -0.2) is 22.4 Å². The van der Waals surface area contributed by atoms with Crippen molar-refractivity contribution in [1.29, 1.82) is 0 Å². The van der Waals surface area contributed by atoms with E-state index in [1.165, 1.54) is 0 Å². The van der Waals surface area contributed by atoms with Gasteiger partial charge in [0, 0.05) is 16.5 Å². The molecular formula is C27H7BF15NO3. The second kappa shape index (κ2) is 11.4. The van der Waals surface area contributed by atoms with Crippen molar-refractivity contribution in [2.24, 2.45) is 0 Å². The Bertz CT molecular complexity index is 2100. The van der Waals surface area contributed by atoms with Gasteiger partial charge in [-0.25, -0.2) is 65.9 Å². The highest BCUT2D eigenvalue weighted by Gasteiger charge is 2.38. The number of aromatic amines is 1. The van der Waals surface area contributed by atoms with Gasteiger partial charge in [0.15, 0.2) is 75.7 Å². The Kier molecular flexibility index (Phi) is 8.16. The van der Waals surface area contributed by atoms with E-state index in [2.05, 4.69) is 4.65 Å². The van der Waals surface area contributed by atoms with Gasteiger partial charge >= 0.3 is 7.32 Å². The predicted octanol–water partition coefficient (Wildman–Crippen LogP) is 7.91. The van der Waals surface area contributed by atoms with Gasteiger partial charge < -0.3 is 19.7 Å². The Morgan fingerprint density at radius 1 is 0.447 bits per heavy atom. The van der Waals surface area contributed by atoms with Crippen LogP contribution in [-0.2, 0) is 0 Å². The molecule has 5 aromatic rings. The van der Waals surface area contributed by atoms with Crippen LogP contribution in [0.25, 0.3) is 44.3 Å². The van der Waals surface area contributed by atoms with Crippen molar-refractivity contribution >= 4 is 18.2 Å². The van der Waals surface area contributed by atoms with Gasteiger partial charge in [-0.15, -0.1) is 0 Å². The Hall–Kier alpha value is -4.85. The molecule has 0 amide bonds. The van der Waals surface area contributed by atoms with Crippen LogP contribution in [0.4, 0.5) is 65.9 Å². The minimum Gasteiger partial charge on any atom is -0.498 e. The van der Waals surface area contributed by atoms with E-state index in [0.717, 1.165) is 0 Å². The first-order valence-corrected chi connectivity index (χ1v) is 12.1. The molecule has 0 fully saturated rings. The molecule has 0 aliphatic rings. The maximum atomic E-state index is 15.4. The molecule has 0 atom stereocenters. The molecule has 1 aromatic heterocycles. The molecule has 47 heavy (non-hydrogen) atoms. The van der Waals surface area contributed by atoms with Crippen molar-refractivity contribution < 1.29 is 80.6 Å². The highest BCUT2D eigenvalue weighted by Crippen LogP contribution is 2.52. The topological polar surface area (TPSA) is 65.5 Å². The SMILES string of the molecule is Cc1cc2[nH]c(OB(O)O)c(-c3c(F)c(F)c(F)c(F)c3F)c2c(-c2c(F)c(F)c(F)c(F)c2F)c1-c1c(F)c(F)c(F)c(F)c1F. The molecule has 5 rings (SSSR count). The number of halogens is 15. The number of rotatable bonds is 5. The zero-order chi connectivity index (χ0) is 35.1. The first-order valence-electron chi connectivity index (χ1n) is 12.1. The van der Waals surface area contributed by atoms with Crippen LogP contribution >= 0.6 is 0 Å². The molecule has 0 saturated heterocycles. The summed E-state index contributed by atoms with van der Waals surface area (Å²) < 4.78 is 224. The lowest BCUT2D eigenvalue weighted by Gasteiger charge is -2.20. The van der Waals surface area contributed by atoms with Crippen molar-refractivity contribution in [3.63, 3.8) is 0 Å². The Balaban J connectivity index is 2.21. The molecule has 4 nitrogen and oxygen atoms in total. The van der Waals surface area contributed by atoms with Crippen LogP contribution in [0.3, 0.4) is 0 Å². The predicted molar refractivity (Wildman–Crippen MR) is 130 cm³/mol. The summed E-state index contributed by atoms with van der Waals surface area (Å²) in [7, 11) is -3.06. The average Bonchev–Trinajstić information content (AvgIpc) is 3.35. The maximum absolute atomic E-state index is 15.4. The number of hydrogen-bond donors (Lipinski definition) is 3. The summed E-state index contributed by atoms with van der Waals surface area (Å²) in [5.41, 5.74) is -13.5. The van der Waals surface area contributed by atoms with Crippen molar-refractivity contribution in [1.82, 2.24) is 4.98 Å². The largest absolute Gasteiger partial charge is 0.708 e. The fourth-order valence-corrected chi connectivity index (χ4v) is 4.95. The molecule has 0 bridgehead atoms. The molecule has 4 aromatic carbocycles. The number of aryl methyl sites for hydroxylation is 1.